The van der Waals surface area contributed by atoms with Crippen LogP contribution in [0.25, 0.3) is 0 Å². The van der Waals surface area contributed by atoms with Crippen molar-refractivity contribution in [2.24, 2.45) is 4.99 Å². The fourth-order valence-corrected chi connectivity index (χ4v) is 5.20. The lowest BCUT2D eigenvalue weighted by molar-refractivity contribution is -0.385. The number of ether oxygens (including phenoxy) is 2. The average molecular weight is 599 g/mol. The minimum atomic E-state index is -1.16. The predicted molar refractivity (Wildman–Crippen MR) is 168 cm³/mol. The van der Waals surface area contributed by atoms with Gasteiger partial charge in [-0.3, -0.25) is 19.9 Å². The van der Waals surface area contributed by atoms with Crippen molar-refractivity contribution in [2.45, 2.75) is 52.8 Å². The quantitative estimate of drug-likeness (QED) is 0.133. The van der Waals surface area contributed by atoms with E-state index in [0.29, 0.717) is 18.8 Å². The maximum atomic E-state index is 13.7. The maximum absolute atomic E-state index is 13.7. The van der Waals surface area contributed by atoms with Crippen LogP contribution in [0.1, 0.15) is 50.4 Å². The molecule has 1 heterocycles. The highest BCUT2D eigenvalue weighted by atomic mass is 16.6. The summed E-state index contributed by atoms with van der Waals surface area (Å²) in [5.41, 5.74) is 2.63. The van der Waals surface area contributed by atoms with E-state index in [-0.39, 0.29) is 29.3 Å². The van der Waals surface area contributed by atoms with Gasteiger partial charge in [-0.2, -0.15) is 0 Å². The van der Waals surface area contributed by atoms with Gasteiger partial charge in [-0.05, 0) is 51.3 Å². The third-order valence-corrected chi connectivity index (χ3v) is 7.23. The number of carbonyl (C=O) groups excluding carboxylic acids is 2. The van der Waals surface area contributed by atoms with Gasteiger partial charge in [0, 0.05) is 25.7 Å². The van der Waals surface area contributed by atoms with Crippen LogP contribution < -0.4 is 0 Å². The van der Waals surface area contributed by atoms with Crippen molar-refractivity contribution in [3.63, 3.8) is 0 Å². The van der Waals surface area contributed by atoms with E-state index in [1.807, 2.05) is 36.4 Å². The third kappa shape index (κ3) is 8.17. The van der Waals surface area contributed by atoms with Crippen molar-refractivity contribution >= 4 is 23.6 Å². The lowest BCUT2D eigenvalue weighted by atomic mass is 9.92. The Morgan fingerprint density at radius 3 is 2.18 bits per heavy atom. The van der Waals surface area contributed by atoms with Crippen molar-refractivity contribution in [3.05, 3.63) is 123 Å². The summed E-state index contributed by atoms with van der Waals surface area (Å²) in [7, 11) is 0. The third-order valence-electron chi connectivity index (χ3n) is 7.23. The summed E-state index contributed by atoms with van der Waals surface area (Å²) in [6.45, 7) is 8.56. The topological polar surface area (TPSA) is 115 Å². The van der Waals surface area contributed by atoms with Gasteiger partial charge in [0.05, 0.1) is 27.9 Å². The molecule has 230 valence electrons. The van der Waals surface area contributed by atoms with Gasteiger partial charge in [-0.1, -0.05) is 72.8 Å². The molecule has 0 saturated carbocycles. The molecule has 3 aromatic carbocycles. The smallest absolute Gasteiger partial charge is 0.416 e. The van der Waals surface area contributed by atoms with Crippen molar-refractivity contribution in [3.8, 4) is 0 Å². The highest BCUT2D eigenvalue weighted by Crippen LogP contribution is 2.40. The number of amides is 1. The SMILES string of the molecule is CC1=NC(C)=C(C(=O)OC(C)C)C(c2ccccc2[N+](=O)[O-])N1C(=O)OCCN(CCc1ccccc1)Cc1ccccc1. The zero-order valence-corrected chi connectivity index (χ0v) is 25.5. The molecule has 1 unspecified atom stereocenters. The van der Waals surface area contributed by atoms with Crippen LogP contribution in [0.2, 0.25) is 0 Å². The number of para-hydroxylation sites is 1. The first-order valence-corrected chi connectivity index (χ1v) is 14.6. The molecule has 0 N–H and O–H groups in total. The number of allylic oxidation sites excluding steroid dienone is 1. The molecule has 0 spiro atoms. The summed E-state index contributed by atoms with van der Waals surface area (Å²) in [6.07, 6.45) is -0.391. The van der Waals surface area contributed by atoms with Gasteiger partial charge < -0.3 is 9.47 Å². The normalized spacial score (nSPS) is 14.9. The van der Waals surface area contributed by atoms with Gasteiger partial charge in [0.1, 0.15) is 18.5 Å². The van der Waals surface area contributed by atoms with E-state index in [9.17, 15) is 19.7 Å². The molecule has 0 saturated heterocycles. The first kappa shape index (κ1) is 32.1. The Balaban J connectivity index is 1.57. The van der Waals surface area contributed by atoms with Crippen LogP contribution in [-0.2, 0) is 27.2 Å². The molecule has 0 radical (unpaired) electrons. The Labute approximate surface area is 257 Å². The van der Waals surface area contributed by atoms with E-state index in [4.69, 9.17) is 9.47 Å². The summed E-state index contributed by atoms with van der Waals surface area (Å²) in [6, 6.07) is 25.1. The molecule has 10 nitrogen and oxygen atoms in total. The van der Waals surface area contributed by atoms with Crippen LogP contribution in [0, 0.1) is 10.1 Å². The van der Waals surface area contributed by atoms with E-state index in [1.54, 1.807) is 33.8 Å². The van der Waals surface area contributed by atoms with E-state index < -0.39 is 29.1 Å². The van der Waals surface area contributed by atoms with Gasteiger partial charge in [0.25, 0.3) is 5.69 Å². The Bertz CT molecular complexity index is 1520. The molecule has 1 aliphatic heterocycles. The van der Waals surface area contributed by atoms with Gasteiger partial charge in [-0.25, -0.2) is 14.6 Å². The molecule has 10 heteroatoms. The summed E-state index contributed by atoms with van der Waals surface area (Å²) < 4.78 is 11.3. The Hall–Kier alpha value is -4.83. The zero-order valence-electron chi connectivity index (χ0n) is 25.5. The minimum absolute atomic E-state index is 0.0455. The van der Waals surface area contributed by atoms with E-state index in [1.165, 1.54) is 28.7 Å². The number of esters is 1. The predicted octanol–water partition coefficient (Wildman–Crippen LogP) is 6.48. The van der Waals surface area contributed by atoms with E-state index in [2.05, 4.69) is 34.2 Å². The number of hydrogen-bond donors (Lipinski definition) is 0. The van der Waals surface area contributed by atoms with E-state index in [0.717, 1.165) is 18.5 Å². The molecular formula is C34H38N4O6. The monoisotopic (exact) mass is 598 g/mol. The van der Waals surface area contributed by atoms with Crippen LogP contribution >= 0.6 is 0 Å². The molecule has 1 atom stereocenters. The Morgan fingerprint density at radius 2 is 1.55 bits per heavy atom. The number of nitrogens with zero attached hydrogens (tertiary/aromatic N) is 4. The number of hydrogen-bond acceptors (Lipinski definition) is 8. The number of nitro groups is 1. The van der Waals surface area contributed by atoms with Crippen molar-refractivity contribution in [1.29, 1.82) is 0 Å². The van der Waals surface area contributed by atoms with Gasteiger partial charge in [0.2, 0.25) is 0 Å². The van der Waals surface area contributed by atoms with Gasteiger partial charge in [0.15, 0.2) is 0 Å². The lowest BCUT2D eigenvalue weighted by Gasteiger charge is -2.35. The van der Waals surface area contributed by atoms with Crippen molar-refractivity contribution in [2.75, 3.05) is 19.7 Å². The van der Waals surface area contributed by atoms with Gasteiger partial charge in [-0.15, -0.1) is 0 Å². The van der Waals surface area contributed by atoms with Gasteiger partial charge >= 0.3 is 12.1 Å². The largest absolute Gasteiger partial charge is 0.459 e. The second-order valence-electron chi connectivity index (χ2n) is 10.8. The van der Waals surface area contributed by atoms with Crippen LogP contribution in [-0.4, -0.2) is 58.4 Å². The number of nitro benzene ring substituents is 1. The van der Waals surface area contributed by atoms with Crippen LogP contribution in [0.5, 0.6) is 0 Å². The Kier molecular flexibility index (Phi) is 11.0. The fraction of sp³-hybridized carbons (Fsp3) is 0.324. The molecule has 44 heavy (non-hydrogen) atoms. The molecule has 3 aromatic rings. The minimum Gasteiger partial charge on any atom is -0.459 e. The van der Waals surface area contributed by atoms with E-state index >= 15 is 0 Å². The zero-order chi connectivity index (χ0) is 31.6. The first-order chi connectivity index (χ1) is 21.2. The van der Waals surface area contributed by atoms with Crippen LogP contribution in [0.3, 0.4) is 0 Å². The summed E-state index contributed by atoms with van der Waals surface area (Å²) in [4.78, 5) is 46.4. The molecule has 1 amide bonds. The van der Waals surface area contributed by atoms with Crippen molar-refractivity contribution < 1.29 is 24.0 Å². The highest BCUT2D eigenvalue weighted by Gasteiger charge is 2.42. The molecule has 0 aliphatic carbocycles. The number of aliphatic imine (C=N–C) groups is 1. The van der Waals surface area contributed by atoms with Crippen LogP contribution in [0.15, 0.2) is 101 Å². The number of carbonyl (C=O) groups is 2. The molecular weight excluding hydrogens is 560 g/mol. The number of amidine groups is 1. The second-order valence-corrected chi connectivity index (χ2v) is 10.8. The molecule has 1 aliphatic rings. The summed E-state index contributed by atoms with van der Waals surface area (Å²) >= 11 is 0. The average Bonchev–Trinajstić information content (AvgIpc) is 2.99. The highest BCUT2D eigenvalue weighted by molar-refractivity contribution is 6.01. The summed E-state index contributed by atoms with van der Waals surface area (Å²) in [5, 5.41) is 12.0. The number of rotatable bonds is 12. The van der Waals surface area contributed by atoms with Crippen molar-refractivity contribution in [1.82, 2.24) is 9.80 Å². The fourth-order valence-electron chi connectivity index (χ4n) is 5.20. The molecule has 0 fully saturated rings. The maximum Gasteiger partial charge on any atom is 0.416 e. The van der Waals surface area contributed by atoms with Crippen LogP contribution in [0.4, 0.5) is 10.5 Å². The standard InChI is InChI=1S/C34H38N4O6/c1-24(2)44-33(39)31-25(3)35-26(4)37(32(31)29-17-11-12-18-30(29)38(41)42)34(40)43-22-21-36(23-28-15-9-6-10-16-28)20-19-27-13-7-5-8-14-27/h5-18,24,32H,19-23H2,1-4H3. The summed E-state index contributed by atoms with van der Waals surface area (Å²) in [5.74, 6) is -0.452. The molecule has 4 rings (SSSR count). The second kappa shape index (κ2) is 15.1. The first-order valence-electron chi connectivity index (χ1n) is 14.6. The molecule has 0 aromatic heterocycles. The Morgan fingerprint density at radius 1 is 0.932 bits per heavy atom. The lowest BCUT2D eigenvalue weighted by Crippen LogP contribution is -2.44. The molecule has 0 bridgehead atoms. The number of benzene rings is 3.